The maximum atomic E-state index is 14.3. The van der Waals surface area contributed by atoms with Crippen molar-refractivity contribution in [2.45, 2.75) is 18.6 Å². The Labute approximate surface area is 218 Å². The van der Waals surface area contributed by atoms with Gasteiger partial charge in [-0.15, -0.1) is 0 Å². The minimum Gasteiger partial charge on any atom is -0.475 e. The van der Waals surface area contributed by atoms with Crippen LogP contribution in [-0.4, -0.2) is 49.1 Å². The molecule has 1 atom stereocenters. The van der Waals surface area contributed by atoms with Gasteiger partial charge >= 0.3 is 18.2 Å². The van der Waals surface area contributed by atoms with Gasteiger partial charge in [0.25, 0.3) is 0 Å². The van der Waals surface area contributed by atoms with Gasteiger partial charge in [0.15, 0.2) is 5.65 Å². The number of carbonyl (C=O) groups is 2. The van der Waals surface area contributed by atoms with E-state index in [1.54, 1.807) is 35.3 Å². The zero-order chi connectivity index (χ0) is 28.0. The number of aromatic nitrogens is 3. The summed E-state index contributed by atoms with van der Waals surface area (Å²) >= 11 is 0. The van der Waals surface area contributed by atoms with Crippen LogP contribution < -0.4 is 5.32 Å². The van der Waals surface area contributed by atoms with Gasteiger partial charge in [0.05, 0.1) is 17.8 Å². The number of aliphatic carboxylic acids is 1. The summed E-state index contributed by atoms with van der Waals surface area (Å²) in [6.45, 7) is 0. The standard InChI is InChI=1S/C24H17FN6O.C2HF3O2/c25-21-11-9-19(15-18(21)8-10-20-16-26-23-7-4-13-27-30(20)23)29-24(32)31-22(12-14-28-31)17-5-2-1-3-6-17;3-2(4,5)1(6)7/h1-7,9,11,13-16,22H,12H2,(H,29,32);(H,6,7). The molecule has 9 nitrogen and oxygen atoms in total. The second-order valence-electron chi connectivity index (χ2n) is 7.92. The molecule has 0 saturated carbocycles. The Morgan fingerprint density at radius 1 is 1.05 bits per heavy atom. The number of amides is 2. The molecule has 0 bridgehead atoms. The van der Waals surface area contributed by atoms with E-state index in [0.717, 1.165) is 5.56 Å². The third kappa shape index (κ3) is 6.55. The fourth-order valence-electron chi connectivity index (χ4n) is 3.49. The van der Waals surface area contributed by atoms with Gasteiger partial charge in [-0.1, -0.05) is 36.3 Å². The van der Waals surface area contributed by atoms with Crippen LogP contribution in [0.3, 0.4) is 0 Å². The van der Waals surface area contributed by atoms with Crippen molar-refractivity contribution in [3.63, 3.8) is 0 Å². The zero-order valence-corrected chi connectivity index (χ0v) is 19.8. The van der Waals surface area contributed by atoms with Crippen molar-refractivity contribution in [2.75, 3.05) is 5.32 Å². The first-order chi connectivity index (χ1) is 18.6. The average molecular weight is 538 g/mol. The fourth-order valence-corrected chi connectivity index (χ4v) is 3.49. The highest BCUT2D eigenvalue weighted by Gasteiger charge is 2.38. The van der Waals surface area contributed by atoms with E-state index >= 15 is 0 Å². The number of halogens is 4. The first-order valence-electron chi connectivity index (χ1n) is 11.2. The summed E-state index contributed by atoms with van der Waals surface area (Å²) in [5.41, 5.74) is 2.75. The van der Waals surface area contributed by atoms with Crippen LogP contribution in [-0.2, 0) is 4.79 Å². The molecule has 13 heteroatoms. The quantitative estimate of drug-likeness (QED) is 0.280. The number of urea groups is 1. The molecule has 4 aromatic rings. The molecule has 2 aromatic carbocycles. The summed E-state index contributed by atoms with van der Waals surface area (Å²) in [4.78, 5) is 25.9. The smallest absolute Gasteiger partial charge is 0.475 e. The molecule has 2 N–H and O–H groups in total. The van der Waals surface area contributed by atoms with E-state index in [2.05, 4.69) is 32.3 Å². The lowest BCUT2D eigenvalue weighted by atomic mass is 10.1. The zero-order valence-electron chi connectivity index (χ0n) is 19.8. The molecular weight excluding hydrogens is 520 g/mol. The average Bonchev–Trinajstić information content (AvgIpc) is 3.57. The molecule has 39 heavy (non-hydrogen) atoms. The summed E-state index contributed by atoms with van der Waals surface area (Å²) in [6, 6.07) is 16.9. The van der Waals surface area contributed by atoms with Crippen LogP contribution in [0.4, 0.5) is 28.0 Å². The topological polar surface area (TPSA) is 112 Å². The first kappa shape index (κ1) is 26.8. The van der Waals surface area contributed by atoms with Gasteiger partial charge in [-0.25, -0.2) is 28.5 Å². The number of hydrogen-bond donors (Lipinski definition) is 2. The monoisotopic (exact) mass is 538 g/mol. The molecule has 0 fully saturated rings. The molecule has 0 spiro atoms. The van der Waals surface area contributed by atoms with Crippen molar-refractivity contribution in [3.05, 3.63) is 95.7 Å². The molecule has 0 aliphatic carbocycles. The second kappa shape index (κ2) is 11.4. The van der Waals surface area contributed by atoms with Crippen LogP contribution >= 0.6 is 0 Å². The highest BCUT2D eigenvalue weighted by molar-refractivity contribution is 5.91. The summed E-state index contributed by atoms with van der Waals surface area (Å²) in [6.07, 6.45) is 0.460. The van der Waals surface area contributed by atoms with Crippen molar-refractivity contribution in [1.29, 1.82) is 0 Å². The van der Waals surface area contributed by atoms with Gasteiger partial charge < -0.3 is 10.4 Å². The summed E-state index contributed by atoms with van der Waals surface area (Å²) < 4.78 is 47.7. The number of fused-ring (bicyclic) bond motifs is 1. The SMILES string of the molecule is O=C(Nc1ccc(F)c(C#Cc2cnc3cccnn23)c1)N1N=CCC1c1ccccc1.O=C(O)C(F)(F)F. The number of anilines is 1. The number of carbonyl (C=O) groups excluding carboxylic acids is 1. The lowest BCUT2D eigenvalue weighted by Gasteiger charge is -2.22. The van der Waals surface area contributed by atoms with E-state index in [-0.39, 0.29) is 11.6 Å². The Bertz CT molecular complexity index is 1590. The molecule has 1 aliphatic heterocycles. The van der Waals surface area contributed by atoms with E-state index in [9.17, 15) is 22.4 Å². The number of imidazole rings is 1. The first-order valence-corrected chi connectivity index (χ1v) is 11.2. The van der Waals surface area contributed by atoms with Crippen molar-refractivity contribution in [3.8, 4) is 11.8 Å². The number of nitrogens with one attached hydrogen (secondary N) is 1. The van der Waals surface area contributed by atoms with Crippen LogP contribution in [0.25, 0.3) is 5.65 Å². The van der Waals surface area contributed by atoms with Gasteiger partial charge in [-0.3, -0.25) is 0 Å². The maximum Gasteiger partial charge on any atom is 0.490 e. The number of carboxylic acids is 1. The molecule has 2 aromatic heterocycles. The Kier molecular flexibility index (Phi) is 7.85. The Morgan fingerprint density at radius 2 is 1.79 bits per heavy atom. The van der Waals surface area contributed by atoms with E-state index in [1.807, 2.05) is 30.3 Å². The minimum atomic E-state index is -5.08. The number of hydrazone groups is 1. The van der Waals surface area contributed by atoms with Crippen LogP contribution in [0.1, 0.15) is 29.3 Å². The molecule has 5 rings (SSSR count). The third-order valence-corrected chi connectivity index (χ3v) is 5.29. The van der Waals surface area contributed by atoms with Crippen molar-refractivity contribution >= 4 is 29.5 Å². The maximum absolute atomic E-state index is 14.3. The molecule has 0 radical (unpaired) electrons. The largest absolute Gasteiger partial charge is 0.490 e. The van der Waals surface area contributed by atoms with Crippen LogP contribution in [0.2, 0.25) is 0 Å². The predicted octanol–water partition coefficient (Wildman–Crippen LogP) is 4.87. The van der Waals surface area contributed by atoms with Crippen molar-refractivity contribution in [1.82, 2.24) is 19.6 Å². The number of rotatable bonds is 2. The van der Waals surface area contributed by atoms with Crippen molar-refractivity contribution < 1.29 is 32.3 Å². The van der Waals surface area contributed by atoms with Crippen molar-refractivity contribution in [2.24, 2.45) is 5.10 Å². The number of alkyl halides is 3. The molecule has 1 aliphatic rings. The second-order valence-corrected chi connectivity index (χ2v) is 7.92. The molecular formula is C26H18F4N6O3. The molecule has 0 saturated heterocycles. The van der Waals surface area contributed by atoms with Gasteiger partial charge in [0.2, 0.25) is 0 Å². The van der Waals surface area contributed by atoms with Gasteiger partial charge in [-0.2, -0.15) is 23.4 Å². The Morgan fingerprint density at radius 3 is 2.51 bits per heavy atom. The normalized spacial score (nSPS) is 14.3. The van der Waals surface area contributed by atoms with E-state index in [1.165, 1.54) is 23.2 Å². The highest BCUT2D eigenvalue weighted by atomic mass is 19.4. The summed E-state index contributed by atoms with van der Waals surface area (Å²) in [5.74, 6) is 2.45. The van der Waals surface area contributed by atoms with E-state index in [0.29, 0.717) is 23.4 Å². The van der Waals surface area contributed by atoms with Crippen LogP contribution in [0, 0.1) is 17.7 Å². The Hall–Kier alpha value is -5.25. The molecule has 2 amide bonds. The van der Waals surface area contributed by atoms with Gasteiger partial charge in [0, 0.05) is 24.5 Å². The third-order valence-electron chi connectivity index (χ3n) is 5.29. The van der Waals surface area contributed by atoms with Crippen LogP contribution in [0.5, 0.6) is 0 Å². The van der Waals surface area contributed by atoms with Gasteiger partial charge in [-0.05, 0) is 41.8 Å². The number of benzene rings is 2. The van der Waals surface area contributed by atoms with Crippen LogP contribution in [0.15, 0.2) is 78.2 Å². The molecule has 3 heterocycles. The van der Waals surface area contributed by atoms with E-state index < -0.39 is 24.0 Å². The Balaban J connectivity index is 0.000000448. The summed E-state index contributed by atoms with van der Waals surface area (Å²) in [7, 11) is 0. The van der Waals surface area contributed by atoms with Gasteiger partial charge in [0.1, 0.15) is 11.5 Å². The number of carboxylic acid groups (broad SMARTS) is 1. The predicted molar refractivity (Wildman–Crippen MR) is 132 cm³/mol. The highest BCUT2D eigenvalue weighted by Crippen LogP contribution is 2.28. The summed E-state index contributed by atoms with van der Waals surface area (Å²) in [5, 5.41) is 19.7. The fraction of sp³-hybridized carbons (Fsp3) is 0.115. The number of hydrogen-bond acceptors (Lipinski definition) is 5. The van der Waals surface area contributed by atoms with E-state index in [4.69, 9.17) is 9.90 Å². The lowest BCUT2D eigenvalue weighted by Crippen LogP contribution is -2.31. The molecule has 1 unspecified atom stereocenters. The lowest BCUT2D eigenvalue weighted by molar-refractivity contribution is -0.192. The number of nitrogens with zero attached hydrogens (tertiary/aromatic N) is 5. The molecule has 198 valence electrons. The minimum absolute atomic E-state index is 0.151.